The van der Waals surface area contributed by atoms with Gasteiger partial charge in [0.25, 0.3) is 0 Å². The Kier molecular flexibility index (Phi) is 5.97. The average molecular weight is 342 g/mol. The lowest BCUT2D eigenvalue weighted by Gasteiger charge is -2.31. The fourth-order valence-corrected chi connectivity index (χ4v) is 3.79. The second kappa shape index (κ2) is 6.66. The maximum atomic E-state index is 10.8. The zero-order valence-electron chi connectivity index (χ0n) is 14.9. The van der Waals surface area contributed by atoms with Crippen LogP contribution in [0.3, 0.4) is 0 Å². The predicted molar refractivity (Wildman–Crippen MR) is 102 cm³/mol. The topological polar surface area (TPSA) is 46.2 Å². The van der Waals surface area contributed by atoms with Gasteiger partial charge in [-0.3, -0.25) is 0 Å². The zero-order valence-corrected chi connectivity index (χ0v) is 16.7. The minimum Gasteiger partial charge on any atom is -0.507 e. The van der Waals surface area contributed by atoms with Crippen molar-refractivity contribution >= 4 is 24.4 Å². The van der Waals surface area contributed by atoms with Crippen LogP contribution in [0, 0.1) is 0 Å². The Morgan fingerprint density at radius 3 is 1.95 bits per heavy atom. The van der Waals surface area contributed by atoms with Gasteiger partial charge in [-0.2, -0.15) is 12.6 Å². The van der Waals surface area contributed by atoms with E-state index in [1.165, 1.54) is 0 Å². The highest BCUT2D eigenvalue weighted by atomic mass is 32.2. The Balaban J connectivity index is 3.52. The second-order valence-electron chi connectivity index (χ2n) is 8.09. The molecule has 0 aliphatic heterocycles. The number of nitrogens with two attached hydrogens (primary N) is 1. The molecule has 0 unspecified atom stereocenters. The van der Waals surface area contributed by atoms with Crippen molar-refractivity contribution in [2.45, 2.75) is 74.7 Å². The maximum Gasteiger partial charge on any atom is 0.123 e. The van der Waals surface area contributed by atoms with Gasteiger partial charge in [-0.1, -0.05) is 34.6 Å². The van der Waals surface area contributed by atoms with Crippen molar-refractivity contribution in [2.24, 2.45) is 5.73 Å². The molecule has 0 fully saturated rings. The molecular formula is C18H31NOS2. The van der Waals surface area contributed by atoms with Crippen molar-refractivity contribution in [1.29, 1.82) is 0 Å². The van der Waals surface area contributed by atoms with Crippen molar-refractivity contribution in [1.82, 2.24) is 0 Å². The molecule has 0 saturated carbocycles. The van der Waals surface area contributed by atoms with Crippen LogP contribution in [0.4, 0.5) is 0 Å². The van der Waals surface area contributed by atoms with Crippen LogP contribution in [-0.2, 0) is 10.8 Å². The lowest BCUT2D eigenvalue weighted by molar-refractivity contribution is 0.405. The highest BCUT2D eigenvalue weighted by Crippen LogP contribution is 2.45. The molecule has 1 rings (SSSR count). The molecule has 2 nitrogen and oxygen atoms in total. The van der Waals surface area contributed by atoms with E-state index in [4.69, 9.17) is 5.73 Å². The molecule has 0 spiro atoms. The van der Waals surface area contributed by atoms with Crippen molar-refractivity contribution in [2.75, 3.05) is 6.54 Å². The van der Waals surface area contributed by atoms with E-state index >= 15 is 0 Å². The van der Waals surface area contributed by atoms with Crippen LogP contribution in [0.1, 0.15) is 66.0 Å². The minimum absolute atomic E-state index is 0.116. The number of thioether (sulfide) groups is 1. The monoisotopic (exact) mass is 341 g/mol. The number of phenolic OH excluding ortho intramolecular Hbond substituents is 1. The van der Waals surface area contributed by atoms with Crippen LogP contribution < -0.4 is 5.73 Å². The normalized spacial score (nSPS) is 13.5. The van der Waals surface area contributed by atoms with Crippen molar-refractivity contribution in [3.05, 3.63) is 23.3 Å². The molecule has 0 heterocycles. The van der Waals surface area contributed by atoms with Gasteiger partial charge in [-0.15, -0.1) is 11.8 Å². The van der Waals surface area contributed by atoms with E-state index < -0.39 is 0 Å². The number of aromatic hydroxyl groups is 1. The SMILES string of the molecule is CC(C)(S)Sc1cc(C(C)(C)C)c(O)c(C(C)(C)CCN)c1. The van der Waals surface area contributed by atoms with Crippen LogP contribution in [-0.4, -0.2) is 15.7 Å². The highest BCUT2D eigenvalue weighted by molar-refractivity contribution is 8.11. The molecule has 1 aromatic rings. The number of hydrogen-bond donors (Lipinski definition) is 3. The summed E-state index contributed by atoms with van der Waals surface area (Å²) < 4.78 is -0.165. The maximum absolute atomic E-state index is 10.8. The predicted octanol–water partition coefficient (Wildman–Crippen LogP) is 5.07. The summed E-state index contributed by atoms with van der Waals surface area (Å²) in [5.74, 6) is 0.410. The highest BCUT2D eigenvalue weighted by Gasteiger charge is 2.29. The van der Waals surface area contributed by atoms with Gasteiger partial charge in [-0.25, -0.2) is 0 Å². The van der Waals surface area contributed by atoms with E-state index in [0.717, 1.165) is 22.4 Å². The molecule has 0 radical (unpaired) electrons. The molecule has 0 aliphatic carbocycles. The minimum atomic E-state index is -0.165. The summed E-state index contributed by atoms with van der Waals surface area (Å²) in [4.78, 5) is 1.14. The third-order valence-corrected chi connectivity index (χ3v) is 5.00. The summed E-state index contributed by atoms with van der Waals surface area (Å²) in [5, 5.41) is 10.8. The molecule has 4 heteroatoms. The summed E-state index contributed by atoms with van der Waals surface area (Å²) in [5.41, 5.74) is 7.45. The molecule has 0 saturated heterocycles. The third kappa shape index (κ3) is 5.10. The molecule has 0 amide bonds. The van der Waals surface area contributed by atoms with Gasteiger partial charge in [0, 0.05) is 16.0 Å². The lowest BCUT2D eigenvalue weighted by atomic mass is 9.77. The first kappa shape index (κ1) is 19.7. The van der Waals surface area contributed by atoms with Gasteiger partial charge in [-0.05, 0) is 49.8 Å². The summed E-state index contributed by atoms with van der Waals surface area (Å²) in [6.45, 7) is 15.4. The van der Waals surface area contributed by atoms with Crippen molar-refractivity contribution in [3.8, 4) is 5.75 Å². The molecule has 0 aromatic heterocycles. The lowest BCUT2D eigenvalue weighted by Crippen LogP contribution is -2.23. The summed E-state index contributed by atoms with van der Waals surface area (Å²) in [7, 11) is 0. The Labute approximate surface area is 145 Å². The fraction of sp³-hybridized carbons (Fsp3) is 0.667. The Morgan fingerprint density at radius 2 is 1.55 bits per heavy atom. The number of hydrogen-bond acceptors (Lipinski definition) is 4. The van der Waals surface area contributed by atoms with Crippen LogP contribution in [0.2, 0.25) is 0 Å². The van der Waals surface area contributed by atoms with Gasteiger partial charge in [0.2, 0.25) is 0 Å². The molecule has 0 bridgehead atoms. The standard InChI is InChI=1S/C18H31NOS2/c1-16(2,3)13-10-12(22-18(6,7)21)11-14(15(13)20)17(4,5)8-9-19/h10-11,20-21H,8-9,19H2,1-7H3. The molecule has 1 aromatic carbocycles. The van der Waals surface area contributed by atoms with Crippen LogP contribution in [0.15, 0.2) is 17.0 Å². The summed E-state index contributed by atoms with van der Waals surface area (Å²) in [6, 6.07) is 4.20. The van der Waals surface area contributed by atoms with Gasteiger partial charge in [0.15, 0.2) is 0 Å². The van der Waals surface area contributed by atoms with E-state index in [-0.39, 0.29) is 14.9 Å². The smallest absolute Gasteiger partial charge is 0.123 e. The summed E-state index contributed by atoms with van der Waals surface area (Å²) in [6.07, 6.45) is 0.836. The Morgan fingerprint density at radius 1 is 1.05 bits per heavy atom. The van der Waals surface area contributed by atoms with Crippen LogP contribution >= 0.6 is 24.4 Å². The largest absolute Gasteiger partial charge is 0.507 e. The number of rotatable bonds is 5. The Bertz CT molecular complexity index is 525. The van der Waals surface area contributed by atoms with Gasteiger partial charge < -0.3 is 10.8 Å². The quantitative estimate of drug-likeness (QED) is 0.398. The molecule has 3 N–H and O–H groups in total. The average Bonchev–Trinajstić information content (AvgIpc) is 2.27. The van der Waals surface area contributed by atoms with Gasteiger partial charge in [0.1, 0.15) is 5.75 Å². The molecule has 0 aliphatic rings. The van der Waals surface area contributed by atoms with Crippen LogP contribution in [0.25, 0.3) is 0 Å². The van der Waals surface area contributed by atoms with Crippen molar-refractivity contribution < 1.29 is 5.11 Å². The van der Waals surface area contributed by atoms with E-state index in [1.54, 1.807) is 11.8 Å². The number of benzene rings is 1. The van der Waals surface area contributed by atoms with E-state index in [9.17, 15) is 5.11 Å². The number of thiol groups is 1. The molecule has 0 atom stereocenters. The van der Waals surface area contributed by atoms with Crippen LogP contribution in [0.5, 0.6) is 5.75 Å². The summed E-state index contributed by atoms with van der Waals surface area (Å²) >= 11 is 6.34. The first-order valence-corrected chi connectivity index (χ1v) is 9.04. The molecular weight excluding hydrogens is 310 g/mol. The first-order chi connectivity index (χ1) is 9.78. The number of phenols is 1. The molecule has 22 heavy (non-hydrogen) atoms. The van der Waals surface area contributed by atoms with E-state index in [1.807, 2.05) is 0 Å². The van der Waals surface area contributed by atoms with E-state index in [2.05, 4.69) is 73.2 Å². The van der Waals surface area contributed by atoms with Crippen molar-refractivity contribution in [3.63, 3.8) is 0 Å². The Hall–Kier alpha value is -0.320. The zero-order chi connectivity index (χ0) is 17.3. The van der Waals surface area contributed by atoms with E-state index in [0.29, 0.717) is 12.3 Å². The second-order valence-corrected chi connectivity index (χ2v) is 11.2. The van der Waals surface area contributed by atoms with Gasteiger partial charge in [0.05, 0.1) is 4.08 Å². The first-order valence-electron chi connectivity index (χ1n) is 7.77. The molecule has 126 valence electrons. The third-order valence-electron chi connectivity index (χ3n) is 3.76. The fourth-order valence-electron chi connectivity index (χ4n) is 2.54. The van der Waals surface area contributed by atoms with Gasteiger partial charge >= 0.3 is 0 Å².